The molecule has 2 aliphatic rings. The van der Waals surface area contributed by atoms with Crippen LogP contribution in [-0.2, 0) is 16.0 Å². The van der Waals surface area contributed by atoms with Crippen LogP contribution in [0.4, 0.5) is 5.82 Å². The first-order valence-electron chi connectivity index (χ1n) is 10.2. The van der Waals surface area contributed by atoms with Gasteiger partial charge in [-0.05, 0) is 31.7 Å². The van der Waals surface area contributed by atoms with Crippen molar-refractivity contribution in [3.8, 4) is 0 Å². The maximum Gasteiger partial charge on any atom is 0.285 e. The Balaban J connectivity index is 1.36. The first-order valence-corrected chi connectivity index (χ1v) is 10.2. The quantitative estimate of drug-likeness (QED) is 0.641. The van der Waals surface area contributed by atoms with Gasteiger partial charge in [0.05, 0.1) is 24.5 Å². The number of rotatable bonds is 9. The lowest BCUT2D eigenvalue weighted by Gasteiger charge is -2.23. The van der Waals surface area contributed by atoms with Crippen LogP contribution in [0.25, 0.3) is 0 Å². The van der Waals surface area contributed by atoms with Gasteiger partial charge in [-0.3, -0.25) is 14.6 Å². The number of carbonyl (C=O) groups is 2. The molecule has 27 heavy (non-hydrogen) atoms. The van der Waals surface area contributed by atoms with Crippen molar-refractivity contribution >= 4 is 17.5 Å². The number of hydrogen-bond donors (Lipinski definition) is 2. The molecule has 1 aliphatic heterocycles. The molecule has 1 aliphatic carbocycles. The van der Waals surface area contributed by atoms with Crippen molar-refractivity contribution in [2.75, 3.05) is 25.0 Å². The lowest BCUT2D eigenvalue weighted by molar-refractivity contribution is -0.135. The summed E-state index contributed by atoms with van der Waals surface area (Å²) in [6.07, 6.45) is 14.0. The second kappa shape index (κ2) is 9.78. The molecule has 1 aromatic rings. The van der Waals surface area contributed by atoms with Crippen molar-refractivity contribution in [1.29, 1.82) is 0 Å². The third-order valence-corrected chi connectivity index (χ3v) is 5.76. The van der Waals surface area contributed by atoms with Crippen molar-refractivity contribution < 1.29 is 9.59 Å². The molecule has 2 heterocycles. The van der Waals surface area contributed by atoms with E-state index in [0.717, 1.165) is 25.4 Å². The Bertz CT molecular complexity index is 628. The smallest absolute Gasteiger partial charge is 0.285 e. The number of carbonyl (C=O) groups excluding carboxylic acids is 2. The van der Waals surface area contributed by atoms with E-state index in [2.05, 4.69) is 20.2 Å². The van der Waals surface area contributed by atoms with Gasteiger partial charge in [-0.25, -0.2) is 4.98 Å². The van der Waals surface area contributed by atoms with E-state index >= 15 is 0 Å². The minimum absolute atomic E-state index is 0.0964. The molecule has 0 radical (unpaired) electrons. The number of primary amides is 1. The number of Topliss-reactive ketones (excluding diaryl/α,β-unsaturated/α-hetero) is 1. The Hall–Kier alpha value is -2.02. The fourth-order valence-electron chi connectivity index (χ4n) is 4.21. The number of nitrogens with two attached hydrogens (primary N) is 1. The Morgan fingerprint density at radius 1 is 1.15 bits per heavy atom. The largest absolute Gasteiger partial charge is 0.365 e. The molecule has 1 saturated heterocycles. The number of hydrogen-bond acceptors (Lipinski definition) is 6. The molecule has 7 nitrogen and oxygen atoms in total. The van der Waals surface area contributed by atoms with Gasteiger partial charge in [-0.15, -0.1) is 0 Å². The highest BCUT2D eigenvalue weighted by Crippen LogP contribution is 2.27. The molecule has 148 valence electrons. The summed E-state index contributed by atoms with van der Waals surface area (Å²) in [4.78, 5) is 33.2. The van der Waals surface area contributed by atoms with E-state index in [9.17, 15) is 9.59 Å². The van der Waals surface area contributed by atoms with Crippen LogP contribution in [0.2, 0.25) is 0 Å². The maximum atomic E-state index is 11.3. The fourth-order valence-corrected chi connectivity index (χ4v) is 4.21. The first-order chi connectivity index (χ1) is 13.1. The lowest BCUT2D eigenvalue weighted by Crippen LogP contribution is -2.28. The van der Waals surface area contributed by atoms with Gasteiger partial charge in [0.2, 0.25) is 5.78 Å². The van der Waals surface area contributed by atoms with E-state index in [1.54, 1.807) is 6.20 Å². The highest BCUT2D eigenvalue weighted by molar-refractivity contribution is 6.35. The predicted molar refractivity (Wildman–Crippen MR) is 104 cm³/mol. The molecule has 7 heteroatoms. The number of nitrogens with zero attached hydrogens (tertiary/aromatic N) is 3. The summed E-state index contributed by atoms with van der Waals surface area (Å²) in [7, 11) is 0. The van der Waals surface area contributed by atoms with Crippen LogP contribution in [0.1, 0.15) is 57.1 Å². The Morgan fingerprint density at radius 3 is 2.67 bits per heavy atom. The number of ketones is 1. The van der Waals surface area contributed by atoms with Crippen LogP contribution in [0.15, 0.2) is 12.4 Å². The molecule has 0 aromatic carbocycles. The molecule has 1 amide bonds. The lowest BCUT2D eigenvalue weighted by atomic mass is 9.86. The van der Waals surface area contributed by atoms with Gasteiger partial charge in [-0.1, -0.05) is 32.1 Å². The van der Waals surface area contributed by atoms with Crippen molar-refractivity contribution in [1.82, 2.24) is 14.9 Å². The number of anilines is 1. The highest BCUT2D eigenvalue weighted by Gasteiger charge is 2.23. The molecule has 1 atom stereocenters. The average molecular weight is 374 g/mol. The molecule has 3 rings (SSSR count). The molecule has 1 aromatic heterocycles. The summed E-state index contributed by atoms with van der Waals surface area (Å²) >= 11 is 0. The SMILES string of the molecule is NC(=O)C(=O)Cc1cnc(N[C@@H]2CCN(CCCC3CCCCC3)C2)cn1. The average Bonchev–Trinajstić information content (AvgIpc) is 3.11. The Morgan fingerprint density at radius 2 is 1.96 bits per heavy atom. The van der Waals surface area contributed by atoms with Gasteiger partial charge in [0, 0.05) is 19.1 Å². The van der Waals surface area contributed by atoms with E-state index in [4.69, 9.17) is 5.73 Å². The molecule has 1 saturated carbocycles. The van der Waals surface area contributed by atoms with E-state index in [-0.39, 0.29) is 6.42 Å². The predicted octanol–water partition coefficient (Wildman–Crippen LogP) is 1.92. The fraction of sp³-hybridized carbons (Fsp3) is 0.700. The van der Waals surface area contributed by atoms with E-state index in [0.29, 0.717) is 17.6 Å². The third-order valence-electron chi connectivity index (χ3n) is 5.76. The van der Waals surface area contributed by atoms with Crippen LogP contribution in [-0.4, -0.2) is 52.2 Å². The van der Waals surface area contributed by atoms with Crippen LogP contribution >= 0.6 is 0 Å². The minimum Gasteiger partial charge on any atom is -0.365 e. The van der Waals surface area contributed by atoms with E-state index in [1.165, 1.54) is 57.7 Å². The maximum absolute atomic E-state index is 11.3. The second-order valence-corrected chi connectivity index (χ2v) is 7.93. The Kier molecular flexibility index (Phi) is 7.15. The van der Waals surface area contributed by atoms with Gasteiger partial charge < -0.3 is 16.0 Å². The number of amides is 1. The standard InChI is InChI=1S/C20H31N5O2/c21-20(27)18(26)11-17-12-23-19(13-22-17)24-16-8-10-25(14-16)9-4-7-15-5-2-1-3-6-15/h12-13,15-16H,1-11,14H2,(H2,21,27)(H,23,24)/t16-/m1/s1. The van der Waals surface area contributed by atoms with Crippen molar-refractivity contribution in [2.45, 2.75) is 63.8 Å². The van der Waals surface area contributed by atoms with Gasteiger partial charge in [0.25, 0.3) is 5.91 Å². The number of aromatic nitrogens is 2. The normalized spacial score (nSPS) is 21.3. The van der Waals surface area contributed by atoms with Crippen molar-refractivity contribution in [3.63, 3.8) is 0 Å². The monoisotopic (exact) mass is 373 g/mol. The van der Waals surface area contributed by atoms with Crippen LogP contribution < -0.4 is 11.1 Å². The first kappa shape index (κ1) is 19.7. The molecular formula is C20H31N5O2. The molecular weight excluding hydrogens is 342 g/mol. The summed E-state index contributed by atoms with van der Waals surface area (Å²) in [5.41, 5.74) is 5.42. The zero-order valence-electron chi connectivity index (χ0n) is 16.0. The number of likely N-dealkylation sites (tertiary alicyclic amines) is 1. The van der Waals surface area contributed by atoms with E-state index in [1.807, 2.05) is 0 Å². The number of nitrogens with one attached hydrogen (secondary N) is 1. The Labute approximate surface area is 161 Å². The molecule has 0 spiro atoms. The molecule has 0 bridgehead atoms. The molecule has 2 fully saturated rings. The van der Waals surface area contributed by atoms with Crippen molar-refractivity contribution in [3.05, 3.63) is 18.1 Å². The third kappa shape index (κ3) is 6.27. The van der Waals surface area contributed by atoms with Gasteiger partial charge in [0.1, 0.15) is 5.82 Å². The van der Waals surface area contributed by atoms with Gasteiger partial charge in [-0.2, -0.15) is 0 Å². The second-order valence-electron chi connectivity index (χ2n) is 7.93. The van der Waals surface area contributed by atoms with Gasteiger partial charge in [0.15, 0.2) is 0 Å². The zero-order valence-corrected chi connectivity index (χ0v) is 16.0. The van der Waals surface area contributed by atoms with Crippen LogP contribution in [0.3, 0.4) is 0 Å². The van der Waals surface area contributed by atoms with E-state index < -0.39 is 11.7 Å². The summed E-state index contributed by atoms with van der Waals surface area (Å²) in [5.74, 6) is 0.0862. The van der Waals surface area contributed by atoms with Crippen LogP contribution in [0.5, 0.6) is 0 Å². The minimum atomic E-state index is -0.937. The molecule has 0 unspecified atom stereocenters. The van der Waals surface area contributed by atoms with Gasteiger partial charge >= 0.3 is 0 Å². The highest BCUT2D eigenvalue weighted by atomic mass is 16.2. The van der Waals surface area contributed by atoms with Crippen molar-refractivity contribution in [2.24, 2.45) is 11.7 Å². The zero-order chi connectivity index (χ0) is 19.1. The summed E-state index contributed by atoms with van der Waals surface area (Å²) < 4.78 is 0. The topological polar surface area (TPSA) is 101 Å². The summed E-state index contributed by atoms with van der Waals surface area (Å²) in [5, 5.41) is 3.42. The summed E-state index contributed by atoms with van der Waals surface area (Å²) in [6, 6.07) is 0.382. The van der Waals surface area contributed by atoms with Crippen LogP contribution in [0, 0.1) is 5.92 Å². The summed E-state index contributed by atoms with van der Waals surface area (Å²) in [6.45, 7) is 3.35. The molecule has 3 N–H and O–H groups in total.